The topological polar surface area (TPSA) is 70.7 Å². The van der Waals surface area contributed by atoms with Crippen LogP contribution in [-0.2, 0) is 0 Å². The number of anilines is 1. The molecule has 2 aromatic rings. The molecule has 5 nitrogen and oxygen atoms in total. The minimum Gasteiger partial charge on any atom is -0.318 e. The Morgan fingerprint density at radius 3 is 2.75 bits per heavy atom. The molecule has 16 heavy (non-hydrogen) atoms. The molecule has 0 aliphatic rings. The van der Waals surface area contributed by atoms with Crippen molar-refractivity contribution in [1.82, 2.24) is 15.4 Å². The number of rotatable bonds is 2. The molecular formula is C10H9FN4O. The van der Waals surface area contributed by atoms with E-state index in [-0.39, 0.29) is 11.4 Å². The van der Waals surface area contributed by atoms with E-state index in [2.05, 4.69) is 20.7 Å². The van der Waals surface area contributed by atoms with Crippen molar-refractivity contribution in [3.63, 3.8) is 0 Å². The first-order valence-electron chi connectivity index (χ1n) is 4.61. The van der Waals surface area contributed by atoms with Gasteiger partial charge in [0.05, 0.1) is 11.4 Å². The van der Waals surface area contributed by atoms with Crippen molar-refractivity contribution >= 4 is 11.6 Å². The minimum atomic E-state index is -0.489. The first kappa shape index (κ1) is 10.3. The second-order valence-corrected chi connectivity index (χ2v) is 3.19. The Bertz CT molecular complexity index is 523. The molecule has 0 saturated heterocycles. The van der Waals surface area contributed by atoms with Crippen LogP contribution in [-0.4, -0.2) is 21.3 Å². The normalized spacial score (nSPS) is 10.1. The molecule has 2 N–H and O–H groups in total. The summed E-state index contributed by atoms with van der Waals surface area (Å²) in [5.74, 6) is -0.978. The van der Waals surface area contributed by atoms with Crippen molar-refractivity contribution < 1.29 is 9.18 Å². The summed E-state index contributed by atoms with van der Waals surface area (Å²) in [6, 6.07) is 5.93. The molecule has 0 spiro atoms. The van der Waals surface area contributed by atoms with Crippen LogP contribution in [0.4, 0.5) is 10.1 Å². The molecule has 0 aliphatic carbocycles. The Morgan fingerprint density at radius 1 is 1.38 bits per heavy atom. The number of carbonyl (C=O) groups is 1. The number of aromatic nitrogens is 3. The number of amides is 1. The molecule has 82 valence electrons. The molecule has 0 unspecified atom stereocenters. The van der Waals surface area contributed by atoms with Crippen LogP contribution in [0.25, 0.3) is 0 Å². The molecule has 1 aromatic carbocycles. The van der Waals surface area contributed by atoms with E-state index in [4.69, 9.17) is 0 Å². The maximum Gasteiger partial charge on any atom is 0.278 e. The van der Waals surface area contributed by atoms with Crippen molar-refractivity contribution in [3.05, 3.63) is 41.5 Å². The number of hydrogen-bond donors (Lipinski definition) is 2. The van der Waals surface area contributed by atoms with Gasteiger partial charge in [0.25, 0.3) is 5.91 Å². The predicted molar refractivity (Wildman–Crippen MR) is 55.5 cm³/mol. The van der Waals surface area contributed by atoms with E-state index in [0.717, 1.165) is 0 Å². The second kappa shape index (κ2) is 4.09. The maximum atomic E-state index is 13.2. The molecule has 6 heteroatoms. The number of H-pyrrole nitrogens is 1. The molecule has 0 aliphatic heterocycles. The number of nitrogens with one attached hydrogen (secondary N) is 2. The fraction of sp³-hybridized carbons (Fsp3) is 0.100. The van der Waals surface area contributed by atoms with E-state index < -0.39 is 11.7 Å². The van der Waals surface area contributed by atoms with Crippen LogP contribution in [0, 0.1) is 12.7 Å². The lowest BCUT2D eigenvalue weighted by Crippen LogP contribution is -2.14. The molecule has 1 heterocycles. The fourth-order valence-corrected chi connectivity index (χ4v) is 1.24. The van der Waals surface area contributed by atoms with Gasteiger partial charge in [-0.2, -0.15) is 15.4 Å². The largest absolute Gasteiger partial charge is 0.318 e. The number of nitrogens with zero attached hydrogens (tertiary/aromatic N) is 2. The predicted octanol–water partition coefficient (Wildman–Crippen LogP) is 1.50. The number of para-hydroxylation sites is 1. The zero-order chi connectivity index (χ0) is 11.5. The van der Waals surface area contributed by atoms with E-state index in [9.17, 15) is 9.18 Å². The highest BCUT2D eigenvalue weighted by Crippen LogP contribution is 2.13. The molecule has 1 amide bonds. The van der Waals surface area contributed by atoms with Gasteiger partial charge in [0.1, 0.15) is 5.82 Å². The molecule has 0 fully saturated rings. The van der Waals surface area contributed by atoms with Gasteiger partial charge < -0.3 is 5.32 Å². The molecule has 0 atom stereocenters. The van der Waals surface area contributed by atoms with E-state index in [1.54, 1.807) is 19.1 Å². The third-order valence-corrected chi connectivity index (χ3v) is 2.06. The van der Waals surface area contributed by atoms with Gasteiger partial charge in [-0.15, -0.1) is 0 Å². The fourth-order valence-electron chi connectivity index (χ4n) is 1.24. The molecule has 1 aromatic heterocycles. The summed E-state index contributed by atoms with van der Waals surface area (Å²) in [5, 5.41) is 12.1. The second-order valence-electron chi connectivity index (χ2n) is 3.19. The van der Waals surface area contributed by atoms with Crippen molar-refractivity contribution in [2.24, 2.45) is 0 Å². The summed E-state index contributed by atoms with van der Waals surface area (Å²) in [7, 11) is 0. The highest BCUT2D eigenvalue weighted by atomic mass is 19.1. The summed E-state index contributed by atoms with van der Waals surface area (Å²) < 4.78 is 13.2. The number of halogens is 1. The minimum absolute atomic E-state index is 0.120. The molecule has 0 saturated carbocycles. The third kappa shape index (κ3) is 1.90. The monoisotopic (exact) mass is 220 g/mol. The van der Waals surface area contributed by atoms with Gasteiger partial charge in [-0.3, -0.25) is 4.79 Å². The molecule has 0 radical (unpaired) electrons. The highest BCUT2D eigenvalue weighted by molar-refractivity contribution is 6.03. The van der Waals surface area contributed by atoms with Gasteiger partial charge >= 0.3 is 0 Å². The van der Waals surface area contributed by atoms with Crippen molar-refractivity contribution in [2.45, 2.75) is 6.92 Å². The lowest BCUT2D eigenvalue weighted by atomic mass is 10.3. The zero-order valence-corrected chi connectivity index (χ0v) is 8.49. The van der Waals surface area contributed by atoms with Gasteiger partial charge in [0.2, 0.25) is 0 Å². The van der Waals surface area contributed by atoms with Gasteiger partial charge in [0, 0.05) is 0 Å². The van der Waals surface area contributed by atoms with Crippen LogP contribution in [0.3, 0.4) is 0 Å². The summed E-state index contributed by atoms with van der Waals surface area (Å²) >= 11 is 0. The average Bonchev–Trinajstić information content (AvgIpc) is 2.68. The van der Waals surface area contributed by atoms with Crippen LogP contribution in [0.1, 0.15) is 16.2 Å². The van der Waals surface area contributed by atoms with E-state index in [1.165, 1.54) is 12.1 Å². The smallest absolute Gasteiger partial charge is 0.278 e. The quantitative estimate of drug-likeness (QED) is 0.805. The van der Waals surface area contributed by atoms with Crippen molar-refractivity contribution in [3.8, 4) is 0 Å². The molecule has 0 bridgehead atoms. The summed E-state index contributed by atoms with van der Waals surface area (Å²) in [6.45, 7) is 1.64. The highest BCUT2D eigenvalue weighted by Gasteiger charge is 2.14. The summed E-state index contributed by atoms with van der Waals surface area (Å²) in [5.41, 5.74) is 0.743. The van der Waals surface area contributed by atoms with E-state index in [1.807, 2.05) is 0 Å². The average molecular weight is 220 g/mol. The zero-order valence-electron chi connectivity index (χ0n) is 8.49. The lowest BCUT2D eigenvalue weighted by molar-refractivity contribution is 0.102. The van der Waals surface area contributed by atoms with Crippen LogP contribution in [0.2, 0.25) is 0 Å². The van der Waals surface area contributed by atoms with Crippen LogP contribution in [0.5, 0.6) is 0 Å². The Balaban J connectivity index is 2.21. The molecular weight excluding hydrogens is 211 g/mol. The Hall–Kier alpha value is -2.24. The standard InChI is InChI=1S/C10H9FN4O/c1-6-9(14-15-13-6)10(16)12-8-5-3-2-4-7(8)11/h2-5H,1H3,(H,12,16)(H,13,14,15). The van der Waals surface area contributed by atoms with Crippen LogP contribution >= 0.6 is 0 Å². The number of aromatic amines is 1. The SMILES string of the molecule is Cc1n[nH]nc1C(=O)Nc1ccccc1F. The maximum absolute atomic E-state index is 13.2. The first-order valence-corrected chi connectivity index (χ1v) is 4.61. The van der Waals surface area contributed by atoms with Gasteiger partial charge in [0.15, 0.2) is 5.69 Å². The number of benzene rings is 1. The van der Waals surface area contributed by atoms with Crippen molar-refractivity contribution in [2.75, 3.05) is 5.32 Å². The first-order chi connectivity index (χ1) is 7.68. The number of hydrogen-bond acceptors (Lipinski definition) is 3. The Morgan fingerprint density at radius 2 is 2.12 bits per heavy atom. The number of aryl methyl sites for hydroxylation is 1. The van der Waals surface area contributed by atoms with E-state index >= 15 is 0 Å². The van der Waals surface area contributed by atoms with Crippen LogP contribution in [0.15, 0.2) is 24.3 Å². The van der Waals surface area contributed by atoms with E-state index in [0.29, 0.717) is 5.69 Å². The Kier molecular flexibility index (Phi) is 2.63. The van der Waals surface area contributed by atoms with Gasteiger partial charge in [-0.25, -0.2) is 4.39 Å². The van der Waals surface area contributed by atoms with Gasteiger partial charge in [-0.05, 0) is 19.1 Å². The molecule has 2 rings (SSSR count). The summed E-state index contributed by atoms with van der Waals surface area (Å²) in [6.07, 6.45) is 0. The summed E-state index contributed by atoms with van der Waals surface area (Å²) in [4.78, 5) is 11.6. The Labute approximate surface area is 90.7 Å². The third-order valence-electron chi connectivity index (χ3n) is 2.06. The number of carbonyl (C=O) groups excluding carboxylic acids is 1. The van der Waals surface area contributed by atoms with Crippen LogP contribution < -0.4 is 5.32 Å². The van der Waals surface area contributed by atoms with Gasteiger partial charge in [-0.1, -0.05) is 12.1 Å². The lowest BCUT2D eigenvalue weighted by Gasteiger charge is -2.03. The van der Waals surface area contributed by atoms with Crippen molar-refractivity contribution in [1.29, 1.82) is 0 Å².